The van der Waals surface area contributed by atoms with Gasteiger partial charge in [0.25, 0.3) is 5.91 Å². The number of carbonyl (C=O) groups excluding carboxylic acids is 1. The molecule has 0 unspecified atom stereocenters. The molecule has 21 heavy (non-hydrogen) atoms. The Hall–Kier alpha value is -2.61. The van der Waals surface area contributed by atoms with Crippen LogP contribution in [0.25, 0.3) is 22.2 Å². The zero-order chi connectivity index (χ0) is 15.0. The number of nitrogens with zero attached hydrogens (tertiary/aromatic N) is 1. The molecule has 3 aromatic rings. The lowest BCUT2D eigenvalue weighted by molar-refractivity contribution is 0.0962. The molecule has 0 amide bonds. The molecule has 2 heteroatoms. The van der Waals surface area contributed by atoms with E-state index in [4.69, 9.17) is 0 Å². The van der Waals surface area contributed by atoms with Crippen LogP contribution in [0.1, 0.15) is 17.3 Å². The first-order valence-electron chi connectivity index (χ1n) is 6.97. The highest BCUT2D eigenvalue weighted by atomic mass is 16.2. The lowest BCUT2D eigenvalue weighted by Gasteiger charge is -2.10. The Kier molecular flexibility index (Phi) is 3.22. The summed E-state index contributed by atoms with van der Waals surface area (Å²) >= 11 is 0. The highest BCUT2D eigenvalue weighted by Crippen LogP contribution is 2.33. The van der Waals surface area contributed by atoms with Crippen LogP contribution in [0.4, 0.5) is 0 Å². The minimum absolute atomic E-state index is 0.0573. The van der Waals surface area contributed by atoms with Gasteiger partial charge in [-0.15, -0.1) is 0 Å². The normalized spacial score (nSPS) is 10.8. The van der Waals surface area contributed by atoms with Crippen molar-refractivity contribution in [1.29, 1.82) is 0 Å². The van der Waals surface area contributed by atoms with Crippen molar-refractivity contribution >= 4 is 16.8 Å². The molecule has 0 spiro atoms. The lowest BCUT2D eigenvalue weighted by atomic mass is 10.1. The van der Waals surface area contributed by atoms with Gasteiger partial charge in [0.2, 0.25) is 0 Å². The number of hydrogen-bond acceptors (Lipinski definition) is 1. The van der Waals surface area contributed by atoms with Crippen molar-refractivity contribution in [3.63, 3.8) is 0 Å². The summed E-state index contributed by atoms with van der Waals surface area (Å²) in [5, 5.41) is 1.10. The Balaban J connectivity index is 2.43. The monoisotopic (exact) mass is 275 g/mol. The van der Waals surface area contributed by atoms with Crippen LogP contribution in [-0.4, -0.2) is 10.5 Å². The second-order valence-electron chi connectivity index (χ2n) is 5.28. The third-order valence-electron chi connectivity index (χ3n) is 3.74. The van der Waals surface area contributed by atoms with E-state index in [1.54, 1.807) is 11.5 Å². The van der Waals surface area contributed by atoms with Crippen LogP contribution in [0.2, 0.25) is 0 Å². The maximum absolute atomic E-state index is 12.6. The molecule has 0 aliphatic rings. The molecule has 0 aliphatic heterocycles. The molecule has 0 fully saturated rings. The van der Waals surface area contributed by atoms with Gasteiger partial charge >= 0.3 is 0 Å². The van der Waals surface area contributed by atoms with Gasteiger partial charge in [0, 0.05) is 11.0 Å². The molecule has 104 valence electrons. The third kappa shape index (κ3) is 2.09. The Morgan fingerprint density at radius 3 is 2.29 bits per heavy atom. The topological polar surface area (TPSA) is 22.0 Å². The van der Waals surface area contributed by atoms with Gasteiger partial charge in [-0.25, -0.2) is 0 Å². The molecule has 0 radical (unpaired) electrons. The predicted octanol–water partition coefficient (Wildman–Crippen LogP) is 4.83. The number of para-hydroxylation sites is 1. The lowest BCUT2D eigenvalue weighted by Crippen LogP contribution is -2.12. The van der Waals surface area contributed by atoms with E-state index < -0.39 is 0 Å². The van der Waals surface area contributed by atoms with E-state index in [0.717, 1.165) is 27.7 Å². The fourth-order valence-corrected chi connectivity index (χ4v) is 2.74. The van der Waals surface area contributed by atoms with Crippen LogP contribution in [0.5, 0.6) is 0 Å². The molecule has 0 aliphatic carbocycles. The van der Waals surface area contributed by atoms with Crippen LogP contribution in [0.15, 0.2) is 66.7 Å². The number of aromatic nitrogens is 1. The maximum atomic E-state index is 12.6. The van der Waals surface area contributed by atoms with Gasteiger partial charge in [-0.3, -0.25) is 9.36 Å². The van der Waals surface area contributed by atoms with Crippen LogP contribution in [0, 0.1) is 6.92 Å². The van der Waals surface area contributed by atoms with E-state index in [1.165, 1.54) is 0 Å². The van der Waals surface area contributed by atoms with Crippen molar-refractivity contribution in [2.24, 2.45) is 0 Å². The van der Waals surface area contributed by atoms with Crippen molar-refractivity contribution in [3.05, 3.63) is 72.3 Å². The highest BCUT2D eigenvalue weighted by Gasteiger charge is 2.20. The summed E-state index contributed by atoms with van der Waals surface area (Å²) in [4.78, 5) is 12.6. The van der Waals surface area contributed by atoms with Crippen molar-refractivity contribution in [3.8, 4) is 11.3 Å². The zero-order valence-electron chi connectivity index (χ0n) is 12.3. The molecule has 0 N–H and O–H groups in total. The number of benzene rings is 2. The molecule has 0 saturated carbocycles. The number of allylic oxidation sites excluding steroid dienone is 1. The van der Waals surface area contributed by atoms with E-state index in [0.29, 0.717) is 5.57 Å². The number of fused-ring (bicyclic) bond motifs is 1. The van der Waals surface area contributed by atoms with Crippen molar-refractivity contribution in [1.82, 2.24) is 4.57 Å². The van der Waals surface area contributed by atoms with Crippen LogP contribution in [0.3, 0.4) is 0 Å². The van der Waals surface area contributed by atoms with E-state index in [2.05, 4.69) is 19.6 Å². The fourth-order valence-electron chi connectivity index (χ4n) is 2.74. The zero-order valence-corrected chi connectivity index (χ0v) is 12.3. The first-order valence-corrected chi connectivity index (χ1v) is 6.97. The molecule has 1 heterocycles. The molecule has 0 atom stereocenters. The van der Waals surface area contributed by atoms with Gasteiger partial charge in [0.1, 0.15) is 0 Å². The smallest absolute Gasteiger partial charge is 0.257 e. The van der Waals surface area contributed by atoms with Crippen LogP contribution >= 0.6 is 0 Å². The van der Waals surface area contributed by atoms with Gasteiger partial charge in [-0.2, -0.15) is 0 Å². The number of rotatable bonds is 2. The van der Waals surface area contributed by atoms with Gasteiger partial charge in [-0.05, 0) is 31.0 Å². The quantitative estimate of drug-likeness (QED) is 0.614. The van der Waals surface area contributed by atoms with Gasteiger partial charge in [0.05, 0.1) is 11.2 Å². The number of aryl methyl sites for hydroxylation is 1. The predicted molar refractivity (Wildman–Crippen MR) is 87.6 cm³/mol. The van der Waals surface area contributed by atoms with E-state index in [9.17, 15) is 4.79 Å². The summed E-state index contributed by atoms with van der Waals surface area (Å²) < 4.78 is 1.78. The van der Waals surface area contributed by atoms with E-state index in [1.807, 2.05) is 48.5 Å². The van der Waals surface area contributed by atoms with Gasteiger partial charge in [0.15, 0.2) is 0 Å². The molecule has 0 bridgehead atoms. The Morgan fingerprint density at radius 2 is 1.62 bits per heavy atom. The minimum atomic E-state index is -0.0573. The summed E-state index contributed by atoms with van der Waals surface area (Å²) in [7, 11) is 0. The molecule has 1 aromatic heterocycles. The largest absolute Gasteiger partial charge is 0.276 e. The SMILES string of the molecule is C=C(C)C(=O)n1c(-c2ccccc2)c(C)c2ccccc21. The molecule has 0 saturated heterocycles. The Labute approximate surface area is 124 Å². The third-order valence-corrected chi connectivity index (χ3v) is 3.74. The van der Waals surface area contributed by atoms with Crippen LogP contribution in [-0.2, 0) is 0 Å². The Morgan fingerprint density at radius 1 is 1.00 bits per heavy atom. The summed E-state index contributed by atoms with van der Waals surface area (Å²) in [5.74, 6) is -0.0573. The summed E-state index contributed by atoms with van der Waals surface area (Å²) in [5.41, 5.74) is 4.58. The average molecular weight is 275 g/mol. The van der Waals surface area contributed by atoms with Crippen molar-refractivity contribution < 1.29 is 4.79 Å². The summed E-state index contributed by atoms with van der Waals surface area (Å²) in [6.07, 6.45) is 0. The fraction of sp³-hybridized carbons (Fsp3) is 0.105. The molecule has 3 rings (SSSR count). The number of carbonyl (C=O) groups is 1. The van der Waals surface area contributed by atoms with Crippen molar-refractivity contribution in [2.45, 2.75) is 13.8 Å². The van der Waals surface area contributed by atoms with Gasteiger partial charge in [-0.1, -0.05) is 55.1 Å². The van der Waals surface area contributed by atoms with E-state index in [-0.39, 0.29) is 5.91 Å². The first-order chi connectivity index (χ1) is 10.1. The first kappa shape index (κ1) is 13.4. The van der Waals surface area contributed by atoms with Gasteiger partial charge < -0.3 is 0 Å². The second-order valence-corrected chi connectivity index (χ2v) is 5.28. The molecular formula is C19H17NO. The highest BCUT2D eigenvalue weighted by molar-refractivity contribution is 6.06. The summed E-state index contributed by atoms with van der Waals surface area (Å²) in [6.45, 7) is 7.63. The average Bonchev–Trinajstić information content (AvgIpc) is 2.81. The minimum Gasteiger partial charge on any atom is -0.276 e. The Bertz CT molecular complexity index is 841. The van der Waals surface area contributed by atoms with E-state index >= 15 is 0 Å². The molecule has 2 aromatic carbocycles. The number of hydrogen-bond donors (Lipinski definition) is 0. The maximum Gasteiger partial charge on any atom is 0.257 e. The summed E-state index contributed by atoms with van der Waals surface area (Å²) in [6, 6.07) is 18.0. The standard InChI is InChI=1S/C19H17NO/c1-13(2)19(21)20-17-12-8-7-11-16(17)14(3)18(20)15-9-5-4-6-10-15/h4-12H,1H2,2-3H3. The second kappa shape index (κ2) is 5.06. The van der Waals surface area contributed by atoms with Crippen molar-refractivity contribution in [2.75, 3.05) is 0 Å². The molecular weight excluding hydrogens is 258 g/mol. The van der Waals surface area contributed by atoms with Crippen LogP contribution < -0.4 is 0 Å². The molecule has 2 nitrogen and oxygen atoms in total.